The number of nitrogens with one attached hydrogen (secondary N) is 2. The number of amides is 2. The van der Waals surface area contributed by atoms with Crippen molar-refractivity contribution in [3.8, 4) is 0 Å². The van der Waals surface area contributed by atoms with Gasteiger partial charge in [0.1, 0.15) is 0 Å². The third-order valence-electron chi connectivity index (χ3n) is 9.33. The van der Waals surface area contributed by atoms with Crippen LogP contribution < -0.4 is 10.0 Å². The Morgan fingerprint density at radius 2 is 1.63 bits per heavy atom. The maximum atomic E-state index is 14.5. The van der Waals surface area contributed by atoms with Gasteiger partial charge in [-0.25, -0.2) is 13.1 Å². The molecule has 0 saturated heterocycles. The molecule has 3 N–H and O–H groups in total. The highest BCUT2D eigenvalue weighted by atomic mass is 32.2. The van der Waals surface area contributed by atoms with Crippen LogP contribution >= 0.6 is 0 Å². The molecule has 1 saturated carbocycles. The lowest BCUT2D eigenvalue weighted by Crippen LogP contribution is -2.55. The molecule has 0 bridgehead atoms. The van der Waals surface area contributed by atoms with Crippen LogP contribution in [-0.2, 0) is 32.5 Å². The van der Waals surface area contributed by atoms with Gasteiger partial charge in [-0.15, -0.1) is 0 Å². The molecule has 1 aliphatic heterocycles. The molecule has 4 atom stereocenters. The van der Waals surface area contributed by atoms with Crippen LogP contribution in [0.25, 0.3) is 0 Å². The van der Waals surface area contributed by atoms with Crippen LogP contribution in [0.5, 0.6) is 0 Å². The van der Waals surface area contributed by atoms with Gasteiger partial charge in [-0.2, -0.15) is 0 Å². The van der Waals surface area contributed by atoms with Gasteiger partial charge in [0.25, 0.3) is 5.91 Å². The predicted molar refractivity (Wildman–Crippen MR) is 177 cm³/mol. The molecule has 2 aliphatic rings. The lowest BCUT2D eigenvalue weighted by atomic mass is 9.74. The first-order valence-corrected chi connectivity index (χ1v) is 17.8. The highest BCUT2D eigenvalue weighted by molar-refractivity contribution is 7.88. The summed E-state index contributed by atoms with van der Waals surface area (Å²) in [5.74, 6) is -1.98. The molecule has 9 nitrogen and oxygen atoms in total. The number of sulfonamides is 1. The SMILES string of the molecule is Cc1ccc([C@H]2[C@H](C(=O)NCCc3ccc(CC(=O)O)cc3)c3ccccc3C(=O)N2[C@H]2CCCC[C@@H]2CNS(C)(=O)=O)c(C)c1. The van der Waals surface area contributed by atoms with Gasteiger partial charge in [-0.1, -0.05) is 79.1 Å². The smallest absolute Gasteiger partial charge is 0.307 e. The average Bonchev–Trinajstić information content (AvgIpc) is 3.00. The van der Waals surface area contributed by atoms with Crippen LogP contribution in [0.2, 0.25) is 0 Å². The molecule has 3 aromatic rings. The fourth-order valence-corrected chi connectivity index (χ4v) is 7.69. The van der Waals surface area contributed by atoms with Crippen molar-refractivity contribution in [1.82, 2.24) is 14.9 Å². The zero-order valence-electron chi connectivity index (χ0n) is 26.7. The maximum Gasteiger partial charge on any atom is 0.307 e. The Bertz CT molecular complexity index is 1700. The van der Waals surface area contributed by atoms with E-state index in [4.69, 9.17) is 5.11 Å². The number of fused-ring (bicyclic) bond motifs is 1. The van der Waals surface area contributed by atoms with Crippen molar-refractivity contribution in [3.63, 3.8) is 0 Å². The van der Waals surface area contributed by atoms with Crippen LogP contribution in [0.1, 0.15) is 81.4 Å². The maximum absolute atomic E-state index is 14.5. The Kier molecular flexibility index (Phi) is 10.3. The van der Waals surface area contributed by atoms with E-state index in [1.165, 1.54) is 0 Å². The highest BCUT2D eigenvalue weighted by Gasteiger charge is 2.48. The minimum Gasteiger partial charge on any atom is -0.481 e. The number of hydrogen-bond acceptors (Lipinski definition) is 5. The van der Waals surface area contributed by atoms with Crippen LogP contribution in [0.3, 0.4) is 0 Å². The molecule has 2 amide bonds. The number of aliphatic carboxylic acids is 1. The summed E-state index contributed by atoms with van der Waals surface area (Å²) in [6, 6.07) is 20.0. The number of hydrogen-bond donors (Lipinski definition) is 3. The van der Waals surface area contributed by atoms with Crippen LogP contribution in [0.15, 0.2) is 66.7 Å². The van der Waals surface area contributed by atoms with Crippen LogP contribution in [0.4, 0.5) is 0 Å². The zero-order valence-corrected chi connectivity index (χ0v) is 27.5. The Labute approximate surface area is 271 Å². The van der Waals surface area contributed by atoms with Gasteiger partial charge in [-0.3, -0.25) is 14.4 Å². The van der Waals surface area contributed by atoms with E-state index in [9.17, 15) is 22.8 Å². The monoisotopic (exact) mass is 645 g/mol. The minimum atomic E-state index is -3.43. The van der Waals surface area contributed by atoms with Crippen molar-refractivity contribution < 1.29 is 27.9 Å². The molecule has 1 aliphatic carbocycles. The van der Waals surface area contributed by atoms with E-state index >= 15 is 0 Å². The highest BCUT2D eigenvalue weighted by Crippen LogP contribution is 2.47. The van der Waals surface area contributed by atoms with Crippen molar-refractivity contribution in [2.24, 2.45) is 5.92 Å². The quantitative estimate of drug-likeness (QED) is 0.278. The molecule has 0 radical (unpaired) electrons. The van der Waals surface area contributed by atoms with Gasteiger partial charge < -0.3 is 15.3 Å². The van der Waals surface area contributed by atoms with Gasteiger partial charge >= 0.3 is 5.97 Å². The fraction of sp³-hybridized carbons (Fsp3) is 0.417. The Balaban J connectivity index is 1.51. The van der Waals surface area contributed by atoms with E-state index in [-0.39, 0.29) is 36.7 Å². The Morgan fingerprint density at radius 3 is 2.33 bits per heavy atom. The summed E-state index contributed by atoms with van der Waals surface area (Å²) in [7, 11) is -3.43. The molecule has 5 rings (SSSR count). The Morgan fingerprint density at radius 1 is 0.935 bits per heavy atom. The van der Waals surface area contributed by atoms with Crippen LogP contribution in [-0.4, -0.2) is 61.6 Å². The first kappa shape index (κ1) is 33.3. The first-order chi connectivity index (χ1) is 21.9. The largest absolute Gasteiger partial charge is 0.481 e. The molecule has 244 valence electrons. The molecule has 3 aromatic carbocycles. The van der Waals surface area contributed by atoms with E-state index in [2.05, 4.69) is 16.1 Å². The number of aryl methyl sites for hydroxylation is 2. The molecular weight excluding hydrogens is 602 g/mol. The topological polar surface area (TPSA) is 133 Å². The summed E-state index contributed by atoms with van der Waals surface area (Å²) in [4.78, 5) is 41.8. The van der Waals surface area contributed by atoms with Crippen molar-refractivity contribution in [2.75, 3.05) is 19.3 Å². The van der Waals surface area contributed by atoms with Crippen molar-refractivity contribution in [3.05, 3.63) is 106 Å². The van der Waals surface area contributed by atoms with Gasteiger partial charge in [0.2, 0.25) is 15.9 Å². The first-order valence-electron chi connectivity index (χ1n) is 15.9. The standard InChI is InChI=1S/C36H43N3O6S/c1-23-12-17-28(24(2)20-23)34-33(35(42)37-19-18-25-13-15-26(16-14-25)21-32(40)41)29-9-5-6-10-30(29)36(43)39(34)31-11-7-4-8-27(31)22-38-46(3,44)45/h5-6,9-10,12-17,20,27,31,33-34,38H,4,7-8,11,18-19,21-22H2,1-3H3,(H,37,42)(H,40,41)/t27-,31+,33-,34+/m1/s1. The fourth-order valence-electron chi connectivity index (χ4n) is 7.18. The molecule has 1 heterocycles. The summed E-state index contributed by atoms with van der Waals surface area (Å²) >= 11 is 0. The van der Waals surface area contributed by atoms with Crippen molar-refractivity contribution in [1.29, 1.82) is 0 Å². The lowest BCUT2D eigenvalue weighted by molar-refractivity contribution is -0.136. The number of carbonyl (C=O) groups is 3. The van der Waals surface area contributed by atoms with Crippen molar-refractivity contribution in [2.45, 2.75) is 70.4 Å². The van der Waals surface area contributed by atoms with E-state index in [1.54, 1.807) is 18.2 Å². The molecule has 1 fully saturated rings. The Hall–Kier alpha value is -4.02. The molecule has 0 spiro atoms. The number of carboxylic acids is 1. The van der Waals surface area contributed by atoms with Crippen molar-refractivity contribution >= 4 is 27.8 Å². The zero-order chi connectivity index (χ0) is 33.0. The number of benzene rings is 3. The second-order valence-electron chi connectivity index (χ2n) is 12.7. The molecule has 10 heteroatoms. The second kappa shape index (κ2) is 14.2. The van der Waals surface area contributed by atoms with Gasteiger partial charge in [0.05, 0.1) is 24.6 Å². The predicted octanol–water partition coefficient (Wildman–Crippen LogP) is 4.68. The number of carboxylic acid groups (broad SMARTS) is 1. The minimum absolute atomic E-state index is 0.0423. The average molecular weight is 646 g/mol. The van der Waals surface area contributed by atoms with Gasteiger partial charge in [0, 0.05) is 24.7 Å². The normalized spacial score (nSPS) is 21.5. The molecule has 0 unspecified atom stereocenters. The lowest BCUT2D eigenvalue weighted by Gasteiger charge is -2.49. The second-order valence-corrected chi connectivity index (χ2v) is 14.6. The third-order valence-corrected chi connectivity index (χ3v) is 10.0. The molecule has 46 heavy (non-hydrogen) atoms. The summed E-state index contributed by atoms with van der Waals surface area (Å²) in [6.07, 6.45) is 5.02. The number of carbonyl (C=O) groups excluding carboxylic acids is 2. The summed E-state index contributed by atoms with van der Waals surface area (Å²) in [5, 5.41) is 12.2. The molecule has 0 aromatic heterocycles. The number of rotatable bonds is 11. The van der Waals surface area contributed by atoms with E-state index in [0.717, 1.165) is 54.2 Å². The van der Waals surface area contributed by atoms with Gasteiger partial charge in [0.15, 0.2) is 0 Å². The molecular formula is C36H43N3O6S. The number of nitrogens with zero attached hydrogens (tertiary/aromatic N) is 1. The third kappa shape index (κ3) is 7.67. The summed E-state index contributed by atoms with van der Waals surface area (Å²) < 4.78 is 26.8. The van der Waals surface area contributed by atoms with Crippen LogP contribution in [0, 0.1) is 19.8 Å². The van der Waals surface area contributed by atoms with E-state index in [1.807, 2.05) is 61.2 Å². The van der Waals surface area contributed by atoms with E-state index < -0.39 is 28.0 Å². The summed E-state index contributed by atoms with van der Waals surface area (Å²) in [6.45, 7) is 4.63. The van der Waals surface area contributed by atoms with E-state index in [0.29, 0.717) is 29.7 Å². The van der Waals surface area contributed by atoms with Gasteiger partial charge in [-0.05, 0) is 72.9 Å². The summed E-state index contributed by atoms with van der Waals surface area (Å²) in [5.41, 5.74) is 5.85.